The summed E-state index contributed by atoms with van der Waals surface area (Å²) in [7, 11) is 0. The van der Waals surface area contributed by atoms with Gasteiger partial charge in [0.05, 0.1) is 6.20 Å². The van der Waals surface area contributed by atoms with E-state index in [9.17, 15) is 13.6 Å². The zero-order valence-corrected chi connectivity index (χ0v) is 9.63. The van der Waals surface area contributed by atoms with Gasteiger partial charge in [0.25, 0.3) is 5.91 Å². The van der Waals surface area contributed by atoms with Crippen molar-refractivity contribution >= 4 is 5.91 Å². The molecule has 0 bridgehead atoms. The van der Waals surface area contributed by atoms with E-state index in [1.807, 2.05) is 0 Å². The Morgan fingerprint density at radius 1 is 1.44 bits per heavy atom. The summed E-state index contributed by atoms with van der Waals surface area (Å²) >= 11 is 0. The van der Waals surface area contributed by atoms with E-state index in [0.717, 1.165) is 11.6 Å². The molecule has 18 heavy (non-hydrogen) atoms. The fraction of sp³-hybridized carbons (Fsp3) is 0.167. The molecule has 1 aromatic heterocycles. The van der Waals surface area contributed by atoms with Crippen LogP contribution in [-0.4, -0.2) is 16.1 Å². The summed E-state index contributed by atoms with van der Waals surface area (Å²) in [5, 5.41) is 8.70. The monoisotopic (exact) mass is 251 g/mol. The maximum absolute atomic E-state index is 13.7. The lowest BCUT2D eigenvalue weighted by Crippen LogP contribution is -2.25. The Kier molecular flexibility index (Phi) is 3.36. The summed E-state index contributed by atoms with van der Waals surface area (Å²) in [5.74, 6) is -2.49. The van der Waals surface area contributed by atoms with Gasteiger partial charge in [0.15, 0.2) is 0 Å². The van der Waals surface area contributed by atoms with Gasteiger partial charge in [-0.15, -0.1) is 0 Å². The number of nitrogens with zero attached hydrogens (tertiary/aromatic N) is 1. The van der Waals surface area contributed by atoms with E-state index in [1.165, 1.54) is 19.2 Å². The van der Waals surface area contributed by atoms with Crippen LogP contribution in [0.4, 0.5) is 8.78 Å². The van der Waals surface area contributed by atoms with Crippen molar-refractivity contribution in [2.45, 2.75) is 13.5 Å². The van der Waals surface area contributed by atoms with Gasteiger partial charge in [-0.05, 0) is 18.6 Å². The number of nitrogens with one attached hydrogen (secondary N) is 2. The van der Waals surface area contributed by atoms with Gasteiger partial charge in [0.2, 0.25) is 0 Å². The molecule has 0 radical (unpaired) electrons. The van der Waals surface area contributed by atoms with Crippen molar-refractivity contribution in [1.82, 2.24) is 15.5 Å². The van der Waals surface area contributed by atoms with Crippen LogP contribution in [0.15, 0.2) is 24.5 Å². The molecule has 0 aliphatic heterocycles. The van der Waals surface area contributed by atoms with Crippen LogP contribution in [0.2, 0.25) is 0 Å². The molecule has 6 heteroatoms. The third kappa shape index (κ3) is 2.37. The predicted molar refractivity (Wildman–Crippen MR) is 60.9 cm³/mol. The maximum atomic E-state index is 13.7. The Morgan fingerprint density at radius 3 is 2.89 bits per heavy atom. The van der Waals surface area contributed by atoms with E-state index in [2.05, 4.69) is 15.5 Å². The molecular formula is C12H11F2N3O. The van der Waals surface area contributed by atoms with E-state index in [1.54, 1.807) is 6.20 Å². The summed E-state index contributed by atoms with van der Waals surface area (Å²) in [4.78, 5) is 11.7. The molecule has 2 rings (SSSR count). The van der Waals surface area contributed by atoms with Gasteiger partial charge in [-0.25, -0.2) is 8.78 Å². The highest BCUT2D eigenvalue weighted by atomic mass is 19.1. The Balaban J connectivity index is 2.16. The molecule has 2 aromatic rings. The number of halogens is 2. The van der Waals surface area contributed by atoms with Gasteiger partial charge in [0.1, 0.15) is 17.2 Å². The average molecular weight is 251 g/mol. The van der Waals surface area contributed by atoms with E-state index in [4.69, 9.17) is 0 Å². The number of hydrogen-bond donors (Lipinski definition) is 2. The molecule has 0 fully saturated rings. The highest BCUT2D eigenvalue weighted by Crippen LogP contribution is 2.16. The molecule has 0 atom stereocenters. The largest absolute Gasteiger partial charge is 0.348 e. The highest BCUT2D eigenvalue weighted by molar-refractivity contribution is 5.94. The first-order chi connectivity index (χ1) is 8.59. The van der Waals surface area contributed by atoms with Crippen LogP contribution in [-0.2, 0) is 6.54 Å². The zero-order valence-electron chi connectivity index (χ0n) is 9.63. The van der Waals surface area contributed by atoms with Crippen molar-refractivity contribution in [1.29, 1.82) is 0 Å². The van der Waals surface area contributed by atoms with Gasteiger partial charge in [-0.3, -0.25) is 9.89 Å². The number of aromatic amines is 1. The number of aromatic nitrogens is 2. The molecule has 0 spiro atoms. The zero-order chi connectivity index (χ0) is 13.1. The van der Waals surface area contributed by atoms with E-state index in [-0.39, 0.29) is 12.1 Å². The van der Waals surface area contributed by atoms with E-state index < -0.39 is 23.1 Å². The van der Waals surface area contributed by atoms with Gasteiger partial charge < -0.3 is 5.32 Å². The van der Waals surface area contributed by atoms with Crippen LogP contribution >= 0.6 is 0 Å². The summed E-state index contributed by atoms with van der Waals surface area (Å²) in [6, 6.07) is 2.36. The minimum Gasteiger partial charge on any atom is -0.348 e. The van der Waals surface area contributed by atoms with Crippen molar-refractivity contribution in [3.63, 3.8) is 0 Å². The smallest absolute Gasteiger partial charge is 0.257 e. The molecule has 1 aromatic carbocycles. The number of carbonyl (C=O) groups is 1. The minimum absolute atomic E-state index is 0.155. The number of hydrogen-bond acceptors (Lipinski definition) is 2. The molecule has 2 N–H and O–H groups in total. The first-order valence-corrected chi connectivity index (χ1v) is 5.30. The second kappa shape index (κ2) is 4.95. The summed E-state index contributed by atoms with van der Waals surface area (Å²) in [5.41, 5.74) is 0.389. The molecule has 0 aliphatic carbocycles. The molecule has 0 aliphatic rings. The second-order valence-electron chi connectivity index (χ2n) is 3.84. The Morgan fingerprint density at radius 2 is 2.22 bits per heavy atom. The number of aryl methyl sites for hydroxylation is 1. The lowest BCUT2D eigenvalue weighted by molar-refractivity contribution is 0.0942. The number of H-pyrrole nitrogens is 1. The summed E-state index contributed by atoms with van der Waals surface area (Å²) in [6.45, 7) is 1.63. The molecule has 1 amide bonds. The first-order valence-electron chi connectivity index (χ1n) is 5.30. The van der Waals surface area contributed by atoms with Crippen molar-refractivity contribution < 1.29 is 13.6 Å². The number of rotatable bonds is 3. The Bertz CT molecular complexity index is 567. The summed E-state index contributed by atoms with van der Waals surface area (Å²) in [6.07, 6.45) is 3.10. The lowest BCUT2D eigenvalue weighted by Gasteiger charge is -2.07. The van der Waals surface area contributed by atoms with Gasteiger partial charge in [-0.1, -0.05) is 6.07 Å². The molecule has 94 valence electrons. The van der Waals surface area contributed by atoms with Crippen molar-refractivity contribution in [3.05, 3.63) is 52.9 Å². The van der Waals surface area contributed by atoms with Gasteiger partial charge >= 0.3 is 0 Å². The Hall–Kier alpha value is -2.24. The fourth-order valence-electron chi connectivity index (χ4n) is 1.51. The first kappa shape index (κ1) is 12.2. The van der Waals surface area contributed by atoms with E-state index in [0.29, 0.717) is 0 Å². The topological polar surface area (TPSA) is 57.8 Å². The average Bonchev–Trinajstić information content (AvgIpc) is 2.85. The SMILES string of the molecule is Cc1ccc(F)c(C(=O)NCc2cn[nH]c2)c1F. The lowest BCUT2D eigenvalue weighted by atomic mass is 10.1. The molecular weight excluding hydrogens is 240 g/mol. The molecule has 0 saturated carbocycles. The van der Waals surface area contributed by atoms with Crippen molar-refractivity contribution in [2.75, 3.05) is 0 Å². The van der Waals surface area contributed by atoms with Crippen molar-refractivity contribution in [3.8, 4) is 0 Å². The number of amides is 1. The molecule has 4 nitrogen and oxygen atoms in total. The normalized spacial score (nSPS) is 10.4. The number of carbonyl (C=O) groups excluding carboxylic acids is 1. The third-order valence-corrected chi connectivity index (χ3v) is 2.52. The van der Waals surface area contributed by atoms with Crippen LogP contribution in [0.5, 0.6) is 0 Å². The molecule has 1 heterocycles. The molecule has 0 saturated heterocycles. The van der Waals surface area contributed by atoms with Crippen LogP contribution in [0, 0.1) is 18.6 Å². The molecule has 0 unspecified atom stereocenters. The van der Waals surface area contributed by atoms with Crippen LogP contribution < -0.4 is 5.32 Å². The fourth-order valence-corrected chi connectivity index (χ4v) is 1.51. The van der Waals surface area contributed by atoms with Gasteiger partial charge in [-0.2, -0.15) is 5.10 Å². The second-order valence-corrected chi connectivity index (χ2v) is 3.84. The van der Waals surface area contributed by atoms with Gasteiger partial charge in [0, 0.05) is 18.3 Å². The predicted octanol–water partition coefficient (Wildman–Crippen LogP) is 1.93. The van der Waals surface area contributed by atoms with Crippen molar-refractivity contribution in [2.24, 2.45) is 0 Å². The van der Waals surface area contributed by atoms with Crippen LogP contribution in [0.25, 0.3) is 0 Å². The van der Waals surface area contributed by atoms with Crippen LogP contribution in [0.3, 0.4) is 0 Å². The number of benzene rings is 1. The highest BCUT2D eigenvalue weighted by Gasteiger charge is 2.18. The quantitative estimate of drug-likeness (QED) is 0.875. The summed E-state index contributed by atoms with van der Waals surface area (Å²) < 4.78 is 27.1. The Labute approximate surface area is 102 Å². The maximum Gasteiger partial charge on any atom is 0.257 e. The van der Waals surface area contributed by atoms with Crippen LogP contribution in [0.1, 0.15) is 21.5 Å². The minimum atomic E-state index is -0.872. The standard InChI is InChI=1S/C12H11F2N3O/c1-7-2-3-9(13)10(11(7)14)12(18)15-4-8-5-16-17-6-8/h2-3,5-6H,4H2,1H3,(H,15,18)(H,16,17). The van der Waals surface area contributed by atoms with E-state index >= 15 is 0 Å². The third-order valence-electron chi connectivity index (χ3n) is 2.52.